The molecule has 0 amide bonds. The third-order valence-corrected chi connectivity index (χ3v) is 2.87. The Kier molecular flexibility index (Phi) is 3.77. The zero-order chi connectivity index (χ0) is 12.1. The van der Waals surface area contributed by atoms with E-state index in [0.717, 1.165) is 12.8 Å². The number of rotatable bonds is 4. The van der Waals surface area contributed by atoms with Crippen LogP contribution in [0.5, 0.6) is 0 Å². The minimum atomic E-state index is 0.967. The summed E-state index contributed by atoms with van der Waals surface area (Å²) in [6, 6.07) is 19.2. The maximum Gasteiger partial charge on any atom is -0.00665 e. The van der Waals surface area contributed by atoms with Gasteiger partial charge >= 0.3 is 0 Å². The number of benzene rings is 2. The smallest absolute Gasteiger partial charge is 0.00665 e. The largest absolute Gasteiger partial charge is 0.0992 e. The quantitative estimate of drug-likeness (QED) is 0.675. The van der Waals surface area contributed by atoms with E-state index in [0.29, 0.717) is 0 Å². The Balaban J connectivity index is 1.96. The lowest BCUT2D eigenvalue weighted by Crippen LogP contribution is -1.94. The van der Waals surface area contributed by atoms with Gasteiger partial charge in [0.1, 0.15) is 0 Å². The van der Waals surface area contributed by atoms with Gasteiger partial charge in [-0.3, -0.25) is 0 Å². The Morgan fingerprint density at radius 1 is 0.824 bits per heavy atom. The molecule has 0 radical (unpaired) electrons. The highest BCUT2D eigenvalue weighted by Crippen LogP contribution is 2.13. The fourth-order valence-electron chi connectivity index (χ4n) is 1.94. The Morgan fingerprint density at radius 3 is 1.94 bits per heavy atom. The lowest BCUT2D eigenvalue weighted by atomic mass is 9.99. The monoisotopic (exact) mass is 222 g/mol. The number of hydrogen-bond acceptors (Lipinski definition) is 0. The summed E-state index contributed by atoms with van der Waals surface area (Å²) >= 11 is 0. The van der Waals surface area contributed by atoms with Crippen molar-refractivity contribution < 1.29 is 0 Å². The van der Waals surface area contributed by atoms with Crippen molar-refractivity contribution in [1.82, 2.24) is 0 Å². The molecular weight excluding hydrogens is 204 g/mol. The van der Waals surface area contributed by atoms with E-state index >= 15 is 0 Å². The summed E-state index contributed by atoms with van der Waals surface area (Å²) in [6.45, 7) is 6.28. The summed E-state index contributed by atoms with van der Waals surface area (Å²) in [4.78, 5) is 0. The molecular formula is C17H18. The molecule has 86 valence electrons. The van der Waals surface area contributed by atoms with Crippen LogP contribution in [0.3, 0.4) is 0 Å². The van der Waals surface area contributed by atoms with Gasteiger partial charge in [0.15, 0.2) is 0 Å². The van der Waals surface area contributed by atoms with Gasteiger partial charge in [-0.1, -0.05) is 72.3 Å². The van der Waals surface area contributed by atoms with E-state index in [2.05, 4.69) is 62.0 Å². The molecule has 0 aliphatic heterocycles. The van der Waals surface area contributed by atoms with Crippen molar-refractivity contribution in [3.8, 4) is 0 Å². The zero-order valence-corrected chi connectivity index (χ0v) is 10.3. The van der Waals surface area contributed by atoms with Gasteiger partial charge in [-0.15, -0.1) is 0 Å². The highest BCUT2D eigenvalue weighted by atomic mass is 14.0. The van der Waals surface area contributed by atoms with Crippen LogP contribution in [0.4, 0.5) is 0 Å². The molecule has 0 heteroatoms. The van der Waals surface area contributed by atoms with Gasteiger partial charge < -0.3 is 0 Å². The van der Waals surface area contributed by atoms with Gasteiger partial charge in [0.25, 0.3) is 0 Å². The molecule has 0 aromatic heterocycles. The van der Waals surface area contributed by atoms with Crippen molar-refractivity contribution in [1.29, 1.82) is 0 Å². The average Bonchev–Trinajstić information content (AvgIpc) is 2.33. The minimum Gasteiger partial charge on any atom is -0.0992 e. The Bertz CT molecular complexity index is 477. The first-order chi connectivity index (χ1) is 8.24. The van der Waals surface area contributed by atoms with Crippen molar-refractivity contribution in [2.45, 2.75) is 19.8 Å². The lowest BCUT2D eigenvalue weighted by molar-refractivity contribution is 1.04. The van der Waals surface area contributed by atoms with E-state index < -0.39 is 0 Å². The van der Waals surface area contributed by atoms with E-state index in [9.17, 15) is 0 Å². The van der Waals surface area contributed by atoms with Crippen LogP contribution in [-0.4, -0.2) is 0 Å². The van der Waals surface area contributed by atoms with Crippen LogP contribution in [0.2, 0.25) is 0 Å². The molecule has 0 heterocycles. The minimum absolute atomic E-state index is 0.967. The molecule has 0 saturated heterocycles. The fourth-order valence-corrected chi connectivity index (χ4v) is 1.94. The molecule has 2 aromatic carbocycles. The van der Waals surface area contributed by atoms with Gasteiger partial charge in [-0.2, -0.15) is 0 Å². The van der Waals surface area contributed by atoms with Gasteiger partial charge in [0.05, 0.1) is 0 Å². The SMILES string of the molecule is C=C(Cc1ccccc1)Cc1ccc(C)cc1. The van der Waals surface area contributed by atoms with E-state index in [1.54, 1.807) is 0 Å². The number of allylic oxidation sites excluding steroid dienone is 1. The van der Waals surface area contributed by atoms with Crippen LogP contribution in [0, 0.1) is 6.92 Å². The molecule has 0 nitrogen and oxygen atoms in total. The third-order valence-electron chi connectivity index (χ3n) is 2.87. The van der Waals surface area contributed by atoms with Crippen LogP contribution in [0.15, 0.2) is 66.7 Å². The van der Waals surface area contributed by atoms with Crippen LogP contribution in [0.1, 0.15) is 16.7 Å². The summed E-state index contributed by atoms with van der Waals surface area (Å²) in [7, 11) is 0. The fraction of sp³-hybridized carbons (Fsp3) is 0.176. The van der Waals surface area contributed by atoms with Crippen molar-refractivity contribution in [2.24, 2.45) is 0 Å². The second kappa shape index (κ2) is 5.49. The van der Waals surface area contributed by atoms with Gasteiger partial charge in [-0.25, -0.2) is 0 Å². The molecule has 0 spiro atoms. The van der Waals surface area contributed by atoms with E-state index in [4.69, 9.17) is 0 Å². The van der Waals surface area contributed by atoms with E-state index in [1.807, 2.05) is 6.07 Å². The Morgan fingerprint density at radius 2 is 1.35 bits per heavy atom. The first-order valence-corrected chi connectivity index (χ1v) is 6.00. The molecule has 0 N–H and O–H groups in total. The Labute approximate surface area is 104 Å². The standard InChI is InChI=1S/C17H18/c1-14-8-10-17(11-9-14)13-15(2)12-16-6-4-3-5-7-16/h3-11H,2,12-13H2,1H3. The lowest BCUT2D eigenvalue weighted by Gasteiger charge is -2.06. The van der Waals surface area contributed by atoms with E-state index in [-0.39, 0.29) is 0 Å². The number of aryl methyl sites for hydroxylation is 1. The van der Waals surface area contributed by atoms with Gasteiger partial charge in [0.2, 0.25) is 0 Å². The zero-order valence-electron chi connectivity index (χ0n) is 10.3. The highest BCUT2D eigenvalue weighted by molar-refractivity contribution is 5.27. The maximum atomic E-state index is 4.17. The predicted molar refractivity (Wildman–Crippen MR) is 74.2 cm³/mol. The summed E-state index contributed by atoms with van der Waals surface area (Å²) in [6.07, 6.45) is 1.93. The molecule has 0 aliphatic carbocycles. The molecule has 0 aliphatic rings. The van der Waals surface area contributed by atoms with Crippen LogP contribution in [0.25, 0.3) is 0 Å². The van der Waals surface area contributed by atoms with Gasteiger partial charge in [-0.05, 0) is 30.9 Å². The Hall–Kier alpha value is -1.82. The van der Waals surface area contributed by atoms with E-state index in [1.165, 1.54) is 22.3 Å². The first kappa shape index (κ1) is 11.7. The predicted octanol–water partition coefficient (Wildman–Crippen LogP) is 4.34. The van der Waals surface area contributed by atoms with Crippen LogP contribution < -0.4 is 0 Å². The van der Waals surface area contributed by atoms with Crippen molar-refractivity contribution >= 4 is 0 Å². The molecule has 0 saturated carbocycles. The molecule has 2 rings (SSSR count). The maximum absolute atomic E-state index is 4.17. The normalized spacial score (nSPS) is 10.2. The molecule has 0 atom stereocenters. The first-order valence-electron chi connectivity index (χ1n) is 6.00. The molecule has 0 fully saturated rings. The summed E-state index contributed by atoms with van der Waals surface area (Å²) in [5.74, 6) is 0. The molecule has 0 bridgehead atoms. The topological polar surface area (TPSA) is 0 Å². The summed E-state index contributed by atoms with van der Waals surface area (Å²) in [5, 5.41) is 0. The second-order valence-electron chi connectivity index (χ2n) is 4.57. The second-order valence-corrected chi connectivity index (χ2v) is 4.57. The van der Waals surface area contributed by atoms with Crippen LogP contribution in [-0.2, 0) is 12.8 Å². The van der Waals surface area contributed by atoms with Crippen molar-refractivity contribution in [3.05, 3.63) is 83.4 Å². The highest BCUT2D eigenvalue weighted by Gasteiger charge is 1.99. The number of hydrogen-bond donors (Lipinski definition) is 0. The van der Waals surface area contributed by atoms with Gasteiger partial charge in [0, 0.05) is 0 Å². The molecule has 2 aromatic rings. The molecule has 0 unspecified atom stereocenters. The summed E-state index contributed by atoms with van der Waals surface area (Å²) in [5.41, 5.74) is 5.25. The third kappa shape index (κ3) is 3.60. The van der Waals surface area contributed by atoms with Crippen molar-refractivity contribution in [3.63, 3.8) is 0 Å². The van der Waals surface area contributed by atoms with Crippen molar-refractivity contribution in [2.75, 3.05) is 0 Å². The van der Waals surface area contributed by atoms with Crippen LogP contribution >= 0.6 is 0 Å². The average molecular weight is 222 g/mol. The summed E-state index contributed by atoms with van der Waals surface area (Å²) < 4.78 is 0. The molecule has 17 heavy (non-hydrogen) atoms.